The van der Waals surface area contributed by atoms with Crippen molar-refractivity contribution in [2.45, 2.75) is 17.2 Å². The van der Waals surface area contributed by atoms with Crippen LogP contribution in [0.5, 0.6) is 0 Å². The number of carbonyl (C=O) groups excluding carboxylic acids is 1. The van der Waals surface area contributed by atoms with Gasteiger partial charge in [0.2, 0.25) is 0 Å². The maximum absolute atomic E-state index is 12.2. The van der Waals surface area contributed by atoms with E-state index in [0.717, 1.165) is 5.69 Å². The van der Waals surface area contributed by atoms with Crippen molar-refractivity contribution in [2.24, 2.45) is 0 Å². The highest BCUT2D eigenvalue weighted by Crippen LogP contribution is 2.26. The standard InChI is InChI=1S/C14H13F2NO3S/c1-19-13(18)9-6-11(20-8-9)7-17-10-2-4-12(5-3-10)21-14(15)16/h2-6,8,14,17H,7H2,1H3. The Balaban J connectivity index is 1.90. The Kier molecular flexibility index (Phi) is 5.21. The van der Waals surface area contributed by atoms with Gasteiger partial charge in [0, 0.05) is 10.6 Å². The van der Waals surface area contributed by atoms with Crippen LogP contribution < -0.4 is 5.32 Å². The van der Waals surface area contributed by atoms with E-state index in [1.54, 1.807) is 30.3 Å². The second-order valence-electron chi connectivity index (χ2n) is 4.05. The molecule has 1 aromatic heterocycles. The maximum Gasteiger partial charge on any atom is 0.341 e. The minimum absolute atomic E-state index is 0.345. The van der Waals surface area contributed by atoms with E-state index in [0.29, 0.717) is 34.5 Å². The number of esters is 1. The average Bonchev–Trinajstić information content (AvgIpc) is 2.94. The molecule has 21 heavy (non-hydrogen) atoms. The molecule has 0 aliphatic heterocycles. The molecule has 0 fully saturated rings. The number of halogens is 2. The Labute approximate surface area is 124 Å². The fourth-order valence-corrected chi connectivity index (χ4v) is 2.14. The van der Waals surface area contributed by atoms with Crippen molar-refractivity contribution in [1.29, 1.82) is 0 Å². The Morgan fingerprint density at radius 3 is 2.71 bits per heavy atom. The van der Waals surface area contributed by atoms with Crippen molar-refractivity contribution < 1.29 is 22.7 Å². The number of carbonyl (C=O) groups is 1. The van der Waals surface area contributed by atoms with Crippen LogP contribution in [0.15, 0.2) is 45.9 Å². The first kappa shape index (κ1) is 15.4. The molecule has 1 heterocycles. The number of nitrogens with one attached hydrogen (secondary N) is 1. The normalized spacial score (nSPS) is 10.7. The van der Waals surface area contributed by atoms with Crippen molar-refractivity contribution in [3.05, 3.63) is 47.9 Å². The summed E-state index contributed by atoms with van der Waals surface area (Å²) in [6.07, 6.45) is 1.32. The number of thioether (sulfide) groups is 1. The van der Waals surface area contributed by atoms with Crippen LogP contribution >= 0.6 is 11.8 Å². The molecule has 1 aromatic carbocycles. The van der Waals surface area contributed by atoms with E-state index in [-0.39, 0.29) is 0 Å². The molecule has 0 saturated heterocycles. The highest BCUT2D eigenvalue weighted by atomic mass is 32.2. The first-order valence-electron chi connectivity index (χ1n) is 6.03. The lowest BCUT2D eigenvalue weighted by Gasteiger charge is -2.05. The summed E-state index contributed by atoms with van der Waals surface area (Å²) in [7, 11) is 1.30. The van der Waals surface area contributed by atoms with Gasteiger partial charge in [-0.1, -0.05) is 11.8 Å². The maximum atomic E-state index is 12.2. The van der Waals surface area contributed by atoms with Gasteiger partial charge in [-0.3, -0.25) is 0 Å². The van der Waals surface area contributed by atoms with Gasteiger partial charge < -0.3 is 14.5 Å². The van der Waals surface area contributed by atoms with Crippen LogP contribution in [0.3, 0.4) is 0 Å². The van der Waals surface area contributed by atoms with Gasteiger partial charge in [0.25, 0.3) is 5.76 Å². The summed E-state index contributed by atoms with van der Waals surface area (Å²) in [5.74, 6) is -2.32. The minimum atomic E-state index is -2.43. The highest BCUT2D eigenvalue weighted by molar-refractivity contribution is 7.99. The second kappa shape index (κ2) is 7.12. The van der Waals surface area contributed by atoms with Crippen LogP contribution in [0.25, 0.3) is 0 Å². The number of hydrogen-bond donors (Lipinski definition) is 1. The number of alkyl halides is 2. The van der Waals surface area contributed by atoms with Crippen LogP contribution in [0.1, 0.15) is 16.1 Å². The third-order valence-electron chi connectivity index (χ3n) is 2.62. The summed E-state index contributed by atoms with van der Waals surface area (Å²) in [6, 6.07) is 8.21. The summed E-state index contributed by atoms with van der Waals surface area (Å²) in [6.45, 7) is 0.373. The summed E-state index contributed by atoms with van der Waals surface area (Å²) >= 11 is 0.500. The zero-order chi connectivity index (χ0) is 15.2. The van der Waals surface area contributed by atoms with E-state index in [9.17, 15) is 13.6 Å². The van der Waals surface area contributed by atoms with Gasteiger partial charge in [0.1, 0.15) is 12.0 Å². The van der Waals surface area contributed by atoms with Gasteiger partial charge in [0.05, 0.1) is 19.2 Å². The van der Waals surface area contributed by atoms with Crippen molar-refractivity contribution >= 4 is 23.4 Å². The van der Waals surface area contributed by atoms with Gasteiger partial charge in [-0.2, -0.15) is 8.78 Å². The van der Waals surface area contributed by atoms with Crippen molar-refractivity contribution in [3.8, 4) is 0 Å². The van der Waals surface area contributed by atoms with E-state index in [1.165, 1.54) is 13.4 Å². The molecule has 0 atom stereocenters. The van der Waals surface area contributed by atoms with Gasteiger partial charge in [-0.25, -0.2) is 4.79 Å². The van der Waals surface area contributed by atoms with Crippen LogP contribution in [0, 0.1) is 0 Å². The zero-order valence-corrected chi connectivity index (χ0v) is 12.0. The molecule has 0 saturated carbocycles. The van der Waals surface area contributed by atoms with E-state index in [1.807, 2.05) is 0 Å². The third kappa shape index (κ3) is 4.49. The smallest absolute Gasteiger partial charge is 0.341 e. The number of benzene rings is 1. The van der Waals surface area contributed by atoms with Gasteiger partial charge in [-0.15, -0.1) is 0 Å². The average molecular weight is 313 g/mol. The summed E-state index contributed by atoms with van der Waals surface area (Å²) < 4.78 is 34.2. The molecular formula is C14H13F2NO3S. The van der Waals surface area contributed by atoms with Crippen molar-refractivity contribution in [2.75, 3.05) is 12.4 Å². The number of hydrogen-bond acceptors (Lipinski definition) is 5. The molecule has 0 spiro atoms. The molecule has 0 unspecified atom stereocenters. The number of ether oxygens (including phenoxy) is 1. The van der Waals surface area contributed by atoms with Crippen molar-refractivity contribution in [1.82, 2.24) is 0 Å². The van der Waals surface area contributed by atoms with Gasteiger partial charge in [-0.05, 0) is 30.3 Å². The predicted molar refractivity (Wildman–Crippen MR) is 75.7 cm³/mol. The molecule has 0 aliphatic carbocycles. The Hall–Kier alpha value is -2.02. The molecule has 1 N–H and O–H groups in total. The monoisotopic (exact) mass is 313 g/mol. The van der Waals surface area contributed by atoms with Gasteiger partial charge >= 0.3 is 5.97 Å². The summed E-state index contributed by atoms with van der Waals surface area (Å²) in [5.41, 5.74) is 1.11. The Morgan fingerprint density at radius 2 is 2.10 bits per heavy atom. The Morgan fingerprint density at radius 1 is 1.38 bits per heavy atom. The van der Waals surface area contributed by atoms with Crippen LogP contribution in [-0.2, 0) is 11.3 Å². The SMILES string of the molecule is COC(=O)c1coc(CNc2ccc(SC(F)F)cc2)c1. The molecule has 2 aromatic rings. The van der Waals surface area contributed by atoms with Crippen LogP contribution in [-0.4, -0.2) is 18.8 Å². The lowest BCUT2D eigenvalue weighted by Crippen LogP contribution is -2.00. The Bertz CT molecular complexity index is 599. The zero-order valence-electron chi connectivity index (χ0n) is 11.1. The highest BCUT2D eigenvalue weighted by Gasteiger charge is 2.10. The molecular weight excluding hydrogens is 300 g/mol. The molecule has 0 amide bonds. The van der Waals surface area contributed by atoms with Crippen molar-refractivity contribution in [3.63, 3.8) is 0 Å². The third-order valence-corrected chi connectivity index (χ3v) is 3.34. The number of furan rings is 1. The van der Waals surface area contributed by atoms with E-state index >= 15 is 0 Å². The molecule has 0 radical (unpaired) electrons. The quantitative estimate of drug-likeness (QED) is 0.645. The molecule has 0 aliphatic rings. The fraction of sp³-hybridized carbons (Fsp3) is 0.214. The van der Waals surface area contributed by atoms with Crippen LogP contribution in [0.4, 0.5) is 14.5 Å². The fourth-order valence-electron chi connectivity index (χ4n) is 1.64. The molecule has 112 valence electrons. The first-order chi connectivity index (χ1) is 10.1. The summed E-state index contributed by atoms with van der Waals surface area (Å²) in [5, 5.41) is 3.07. The first-order valence-corrected chi connectivity index (χ1v) is 6.91. The molecule has 2 rings (SSSR count). The lowest BCUT2D eigenvalue weighted by molar-refractivity contribution is 0.0600. The van der Waals surface area contributed by atoms with Gasteiger partial charge in [0.15, 0.2) is 0 Å². The van der Waals surface area contributed by atoms with E-state index in [4.69, 9.17) is 4.42 Å². The molecule has 7 heteroatoms. The second-order valence-corrected chi connectivity index (χ2v) is 5.11. The number of methoxy groups -OCH3 is 1. The molecule has 0 bridgehead atoms. The summed E-state index contributed by atoms with van der Waals surface area (Å²) in [4.78, 5) is 11.8. The largest absolute Gasteiger partial charge is 0.467 e. The van der Waals surface area contributed by atoms with E-state index < -0.39 is 11.7 Å². The minimum Gasteiger partial charge on any atom is -0.467 e. The van der Waals surface area contributed by atoms with E-state index in [2.05, 4.69) is 10.1 Å². The topological polar surface area (TPSA) is 51.5 Å². The number of anilines is 1. The lowest BCUT2D eigenvalue weighted by atomic mass is 10.3. The predicted octanol–water partition coefficient (Wildman–Crippen LogP) is 3.99. The molecule has 4 nitrogen and oxygen atoms in total. The van der Waals surface area contributed by atoms with Crippen LogP contribution in [0.2, 0.25) is 0 Å². The number of rotatable bonds is 6.